The number of ether oxygens (including phenoxy) is 1. The molecule has 28 heavy (non-hydrogen) atoms. The van der Waals surface area contributed by atoms with E-state index in [-0.39, 0.29) is 24.3 Å². The minimum Gasteiger partial charge on any atom is -0.484 e. The zero-order chi connectivity index (χ0) is 20.7. The molecule has 1 aromatic rings. The van der Waals surface area contributed by atoms with Gasteiger partial charge in [0.25, 0.3) is 5.91 Å². The maximum absolute atomic E-state index is 11.9. The summed E-state index contributed by atoms with van der Waals surface area (Å²) in [6, 6.07) is 7.04. The highest BCUT2D eigenvalue weighted by molar-refractivity contribution is 7.89. The van der Waals surface area contributed by atoms with Crippen molar-refractivity contribution in [3.05, 3.63) is 29.8 Å². The summed E-state index contributed by atoms with van der Waals surface area (Å²) in [6.45, 7) is 1.52. The number of benzene rings is 1. The molecule has 0 aromatic heterocycles. The van der Waals surface area contributed by atoms with Crippen LogP contribution >= 0.6 is 0 Å². The van der Waals surface area contributed by atoms with Gasteiger partial charge in [-0.25, -0.2) is 8.42 Å². The van der Waals surface area contributed by atoms with E-state index in [9.17, 15) is 23.1 Å². The van der Waals surface area contributed by atoms with E-state index < -0.39 is 22.5 Å². The minimum absolute atomic E-state index is 0.0939. The molecule has 3 N–H and O–H groups in total. The second-order valence-electron chi connectivity index (χ2n) is 6.93. The number of aliphatic hydroxyl groups excluding tert-OH is 1. The first kappa shape index (κ1) is 22.1. The molecule has 0 bridgehead atoms. The van der Waals surface area contributed by atoms with E-state index in [1.54, 1.807) is 25.2 Å². The molecule has 0 spiro atoms. The largest absolute Gasteiger partial charge is 0.484 e. The number of carbonyl (C=O) groups is 2. The van der Waals surface area contributed by atoms with Crippen LogP contribution in [0.1, 0.15) is 24.3 Å². The Balaban J connectivity index is 2.06. The van der Waals surface area contributed by atoms with Crippen molar-refractivity contribution >= 4 is 21.8 Å². The highest BCUT2D eigenvalue weighted by atomic mass is 32.2. The topological polar surface area (TPSA) is 125 Å². The first-order valence-corrected chi connectivity index (χ1v) is 10.9. The number of likely N-dealkylation sites (tertiary alicyclic amines) is 1. The van der Waals surface area contributed by atoms with E-state index >= 15 is 0 Å². The zero-order valence-corrected chi connectivity index (χ0v) is 16.9. The molecule has 1 aromatic carbocycles. The minimum atomic E-state index is -3.63. The molecular weight excluding hydrogens is 386 g/mol. The summed E-state index contributed by atoms with van der Waals surface area (Å²) < 4.78 is 29.4. The summed E-state index contributed by atoms with van der Waals surface area (Å²) in [5.41, 5.74) is 0.867. The smallest absolute Gasteiger partial charge is 0.271 e. The SMILES string of the molecule is CNC(=O)C[C@H](CN1CC[C@H](O)C1)c1cccc(OCC(=O)NS(C)(=O)=O)c1. The number of nitrogens with one attached hydrogen (secondary N) is 2. The fourth-order valence-corrected chi connectivity index (χ4v) is 3.62. The molecule has 0 unspecified atom stereocenters. The molecule has 0 saturated carbocycles. The van der Waals surface area contributed by atoms with Gasteiger partial charge in [-0.05, 0) is 24.1 Å². The Hall–Kier alpha value is -2.17. The molecule has 0 aliphatic carbocycles. The van der Waals surface area contributed by atoms with Crippen LogP contribution in [0.25, 0.3) is 0 Å². The van der Waals surface area contributed by atoms with E-state index in [2.05, 4.69) is 10.2 Å². The third-order valence-electron chi connectivity index (χ3n) is 4.44. The summed E-state index contributed by atoms with van der Waals surface area (Å²) in [7, 11) is -2.05. The van der Waals surface area contributed by atoms with Gasteiger partial charge in [0, 0.05) is 39.0 Å². The van der Waals surface area contributed by atoms with E-state index in [0.717, 1.165) is 18.4 Å². The number of hydrogen-bond donors (Lipinski definition) is 3. The second kappa shape index (κ2) is 9.85. The molecule has 1 heterocycles. The van der Waals surface area contributed by atoms with E-state index in [1.807, 2.05) is 10.8 Å². The monoisotopic (exact) mass is 413 g/mol. The van der Waals surface area contributed by atoms with Gasteiger partial charge in [0.1, 0.15) is 5.75 Å². The summed E-state index contributed by atoms with van der Waals surface area (Å²) in [5, 5.41) is 12.4. The molecule has 2 amide bonds. The standard InChI is InChI=1S/C18H27N3O6S/c1-19-17(23)9-14(10-21-7-6-15(22)11-21)13-4-3-5-16(8-13)27-12-18(24)20-28(2,25)26/h3-5,8,14-15,22H,6-7,9-12H2,1-2H3,(H,19,23)(H,20,24)/t14-,15+/m1/s1. The lowest BCUT2D eigenvalue weighted by molar-refractivity contribution is -0.121. The van der Waals surface area contributed by atoms with Crippen LogP contribution in [0.5, 0.6) is 5.75 Å². The van der Waals surface area contributed by atoms with Gasteiger partial charge in [0.2, 0.25) is 15.9 Å². The summed E-state index contributed by atoms with van der Waals surface area (Å²) in [4.78, 5) is 25.7. The van der Waals surface area contributed by atoms with Crippen molar-refractivity contribution in [2.24, 2.45) is 0 Å². The van der Waals surface area contributed by atoms with Crippen LogP contribution in [0.4, 0.5) is 0 Å². The first-order valence-electron chi connectivity index (χ1n) is 9.00. The van der Waals surface area contributed by atoms with Gasteiger partial charge in [-0.1, -0.05) is 12.1 Å². The molecule has 10 heteroatoms. The third kappa shape index (κ3) is 7.45. The maximum Gasteiger partial charge on any atom is 0.271 e. The van der Waals surface area contributed by atoms with Gasteiger partial charge in [-0.3, -0.25) is 14.3 Å². The predicted octanol–water partition coefficient (Wildman–Crippen LogP) is -0.572. The molecule has 2 rings (SSSR count). The van der Waals surface area contributed by atoms with Gasteiger partial charge in [0.05, 0.1) is 12.4 Å². The van der Waals surface area contributed by atoms with Crippen LogP contribution in [0.2, 0.25) is 0 Å². The number of β-amino-alcohol motifs (C(OH)–C–C–N with tert-alkyl or cyclic N) is 1. The molecule has 9 nitrogen and oxygen atoms in total. The van der Waals surface area contributed by atoms with E-state index in [1.165, 1.54) is 0 Å². The Labute approximate surface area is 165 Å². The van der Waals surface area contributed by atoms with Crippen molar-refractivity contribution in [2.45, 2.75) is 24.9 Å². The Morgan fingerprint density at radius 2 is 2.11 bits per heavy atom. The van der Waals surface area contributed by atoms with Crippen molar-refractivity contribution in [3.63, 3.8) is 0 Å². The number of aliphatic hydroxyl groups is 1. The highest BCUT2D eigenvalue weighted by Gasteiger charge is 2.25. The van der Waals surface area contributed by atoms with Crippen LogP contribution in [-0.4, -0.2) is 75.9 Å². The quantitative estimate of drug-likeness (QED) is 0.495. The number of carbonyl (C=O) groups excluding carboxylic acids is 2. The molecule has 1 aliphatic heterocycles. The van der Waals surface area contributed by atoms with Gasteiger partial charge < -0.3 is 20.1 Å². The lowest BCUT2D eigenvalue weighted by atomic mass is 9.94. The predicted molar refractivity (Wildman–Crippen MR) is 103 cm³/mol. The van der Waals surface area contributed by atoms with Crippen molar-refractivity contribution < 1.29 is 27.9 Å². The first-order chi connectivity index (χ1) is 13.2. The van der Waals surface area contributed by atoms with Gasteiger partial charge in [-0.2, -0.15) is 0 Å². The molecule has 0 radical (unpaired) electrons. The summed E-state index contributed by atoms with van der Waals surface area (Å²) in [5.74, 6) is -0.562. The number of sulfonamides is 1. The summed E-state index contributed by atoms with van der Waals surface area (Å²) >= 11 is 0. The summed E-state index contributed by atoms with van der Waals surface area (Å²) in [6.07, 6.45) is 1.54. The molecule has 1 fully saturated rings. The van der Waals surface area contributed by atoms with Crippen molar-refractivity contribution in [1.82, 2.24) is 14.9 Å². The lowest BCUT2D eigenvalue weighted by Gasteiger charge is -2.24. The Morgan fingerprint density at radius 3 is 2.71 bits per heavy atom. The van der Waals surface area contributed by atoms with E-state index in [4.69, 9.17) is 4.74 Å². The van der Waals surface area contributed by atoms with E-state index in [0.29, 0.717) is 25.3 Å². The number of nitrogens with zero attached hydrogens (tertiary/aromatic N) is 1. The molecule has 1 saturated heterocycles. The maximum atomic E-state index is 11.9. The number of hydrogen-bond acceptors (Lipinski definition) is 7. The van der Waals surface area contributed by atoms with Crippen LogP contribution < -0.4 is 14.8 Å². The third-order valence-corrected chi connectivity index (χ3v) is 5.03. The van der Waals surface area contributed by atoms with Crippen LogP contribution in [0.3, 0.4) is 0 Å². The van der Waals surface area contributed by atoms with Crippen molar-refractivity contribution in [1.29, 1.82) is 0 Å². The van der Waals surface area contributed by atoms with Crippen LogP contribution in [0, 0.1) is 0 Å². The van der Waals surface area contributed by atoms with Crippen LogP contribution in [-0.2, 0) is 19.6 Å². The average Bonchev–Trinajstić information content (AvgIpc) is 3.03. The fourth-order valence-electron chi connectivity index (χ4n) is 3.15. The molecular formula is C18H27N3O6S. The Kier molecular flexibility index (Phi) is 7.78. The van der Waals surface area contributed by atoms with Gasteiger partial charge in [-0.15, -0.1) is 0 Å². The lowest BCUT2D eigenvalue weighted by Crippen LogP contribution is -2.33. The second-order valence-corrected chi connectivity index (χ2v) is 8.68. The normalized spacial score (nSPS) is 18.5. The highest BCUT2D eigenvalue weighted by Crippen LogP contribution is 2.26. The van der Waals surface area contributed by atoms with Crippen molar-refractivity contribution in [2.75, 3.05) is 39.5 Å². The Morgan fingerprint density at radius 1 is 1.36 bits per heavy atom. The van der Waals surface area contributed by atoms with Crippen molar-refractivity contribution in [3.8, 4) is 5.75 Å². The molecule has 1 aliphatic rings. The van der Waals surface area contributed by atoms with Crippen LogP contribution in [0.15, 0.2) is 24.3 Å². The Bertz CT molecular complexity index is 798. The zero-order valence-electron chi connectivity index (χ0n) is 16.1. The van der Waals surface area contributed by atoms with Gasteiger partial charge >= 0.3 is 0 Å². The van der Waals surface area contributed by atoms with Gasteiger partial charge in [0.15, 0.2) is 6.61 Å². The molecule has 156 valence electrons. The average molecular weight is 413 g/mol. The molecule has 2 atom stereocenters. The number of amides is 2. The number of rotatable bonds is 9. The fraction of sp³-hybridized carbons (Fsp3) is 0.556.